The Morgan fingerprint density at radius 3 is 2.54 bits per heavy atom. The number of thiocarbonyl (C=S) groups is 1. The fourth-order valence-corrected chi connectivity index (χ4v) is 2.78. The van der Waals surface area contributed by atoms with Gasteiger partial charge in [-0.3, -0.25) is 15.6 Å². The van der Waals surface area contributed by atoms with Gasteiger partial charge in [-0.25, -0.2) is 13.1 Å². The summed E-state index contributed by atoms with van der Waals surface area (Å²) in [6, 6.07) is 3.86. The topological polar surface area (TPSA) is 99.3 Å². The summed E-state index contributed by atoms with van der Waals surface area (Å²) in [5, 5.41) is 3.34. The maximum absolute atomic E-state index is 12.2. The third-order valence-corrected chi connectivity index (χ3v) is 5.05. The lowest BCUT2D eigenvalue weighted by Crippen LogP contribution is -2.47. The molecule has 0 fully saturated rings. The Balaban J connectivity index is 2.71. The van der Waals surface area contributed by atoms with Crippen molar-refractivity contribution < 1.29 is 13.2 Å². The molecule has 1 aromatic carbocycles. The van der Waals surface area contributed by atoms with Crippen LogP contribution in [-0.4, -0.2) is 33.0 Å². The second-order valence-electron chi connectivity index (χ2n) is 5.37. The van der Waals surface area contributed by atoms with Gasteiger partial charge in [0.1, 0.15) is 0 Å². The van der Waals surface area contributed by atoms with E-state index in [1.165, 1.54) is 25.2 Å². The van der Waals surface area contributed by atoms with Gasteiger partial charge in [0.2, 0.25) is 10.0 Å². The molecule has 24 heavy (non-hydrogen) atoms. The summed E-state index contributed by atoms with van der Waals surface area (Å²) in [6.07, 6.45) is 0.936. The smallest absolute Gasteiger partial charge is 0.271 e. The third kappa shape index (κ3) is 6.23. The van der Waals surface area contributed by atoms with Crippen molar-refractivity contribution in [1.82, 2.24) is 20.9 Å². The van der Waals surface area contributed by atoms with Crippen molar-refractivity contribution in [3.05, 3.63) is 28.8 Å². The van der Waals surface area contributed by atoms with Crippen molar-refractivity contribution in [2.75, 3.05) is 13.6 Å². The van der Waals surface area contributed by atoms with Crippen molar-refractivity contribution in [3.63, 3.8) is 0 Å². The van der Waals surface area contributed by atoms with E-state index < -0.39 is 15.9 Å². The molecule has 1 rings (SSSR count). The van der Waals surface area contributed by atoms with Crippen molar-refractivity contribution in [1.29, 1.82) is 0 Å². The molecule has 0 aliphatic heterocycles. The molecule has 0 atom stereocenters. The first-order valence-corrected chi connectivity index (χ1v) is 9.51. The summed E-state index contributed by atoms with van der Waals surface area (Å²) in [7, 11) is -2.39. The van der Waals surface area contributed by atoms with E-state index in [1.807, 2.05) is 0 Å². The highest BCUT2D eigenvalue weighted by atomic mass is 35.5. The minimum absolute atomic E-state index is 0.0190. The summed E-state index contributed by atoms with van der Waals surface area (Å²) in [6.45, 7) is 4.86. The van der Waals surface area contributed by atoms with Crippen molar-refractivity contribution in [3.8, 4) is 0 Å². The molecule has 0 aliphatic carbocycles. The molecule has 0 unspecified atom stereocenters. The molecule has 0 heterocycles. The Labute approximate surface area is 152 Å². The van der Waals surface area contributed by atoms with Crippen LogP contribution >= 0.6 is 23.8 Å². The maximum Gasteiger partial charge on any atom is 0.271 e. The predicted octanol–water partition coefficient (Wildman–Crippen LogP) is 1.40. The molecule has 0 spiro atoms. The second kappa shape index (κ2) is 9.16. The first-order valence-electron chi connectivity index (χ1n) is 7.24. The molecule has 4 N–H and O–H groups in total. The molecule has 0 saturated heterocycles. The lowest BCUT2D eigenvalue weighted by molar-refractivity contribution is 0.0943. The first kappa shape index (κ1) is 20.6. The first-order chi connectivity index (χ1) is 11.2. The molecule has 0 radical (unpaired) electrons. The Bertz CT molecular complexity index is 708. The van der Waals surface area contributed by atoms with E-state index in [1.54, 1.807) is 0 Å². The number of hydrogen-bond acceptors (Lipinski definition) is 4. The molecule has 134 valence electrons. The molecule has 7 nitrogen and oxygen atoms in total. The zero-order chi connectivity index (χ0) is 18.3. The number of nitrogens with one attached hydrogen (secondary N) is 4. The van der Waals surface area contributed by atoms with Crippen LogP contribution in [0.3, 0.4) is 0 Å². The Kier molecular flexibility index (Phi) is 7.88. The molecule has 1 amide bonds. The van der Waals surface area contributed by atoms with Gasteiger partial charge in [-0.15, -0.1) is 0 Å². The van der Waals surface area contributed by atoms with E-state index in [4.69, 9.17) is 23.8 Å². The van der Waals surface area contributed by atoms with E-state index in [0.29, 0.717) is 12.5 Å². The number of amides is 1. The predicted molar refractivity (Wildman–Crippen MR) is 98.4 cm³/mol. The standard InChI is InChI=1S/C14H21ClN4O3S2/c1-9(2)6-7-17-14(23)19-18-13(20)11-8-10(4-5-12(11)15)24(21,22)16-3/h4-5,8-9,16H,6-7H2,1-3H3,(H,18,20)(H2,17,19,23). The van der Waals surface area contributed by atoms with E-state index in [0.717, 1.165) is 6.42 Å². The van der Waals surface area contributed by atoms with Gasteiger partial charge in [-0.05, 0) is 49.8 Å². The average Bonchev–Trinajstić information content (AvgIpc) is 2.52. The van der Waals surface area contributed by atoms with Gasteiger partial charge in [0.15, 0.2) is 5.11 Å². The van der Waals surface area contributed by atoms with Gasteiger partial charge >= 0.3 is 0 Å². The van der Waals surface area contributed by atoms with Crippen LogP contribution in [0.5, 0.6) is 0 Å². The molecular formula is C14H21ClN4O3S2. The Morgan fingerprint density at radius 2 is 1.96 bits per heavy atom. The maximum atomic E-state index is 12.2. The third-order valence-electron chi connectivity index (χ3n) is 3.06. The highest BCUT2D eigenvalue weighted by Crippen LogP contribution is 2.20. The van der Waals surface area contributed by atoms with Gasteiger partial charge in [-0.2, -0.15) is 0 Å². The van der Waals surface area contributed by atoms with E-state index in [-0.39, 0.29) is 20.6 Å². The van der Waals surface area contributed by atoms with E-state index in [2.05, 4.69) is 34.7 Å². The van der Waals surface area contributed by atoms with Gasteiger partial charge in [0, 0.05) is 6.54 Å². The van der Waals surface area contributed by atoms with Crippen LogP contribution in [-0.2, 0) is 10.0 Å². The SMILES string of the molecule is CNS(=O)(=O)c1ccc(Cl)c(C(=O)NNC(=S)NCCC(C)C)c1. The zero-order valence-electron chi connectivity index (χ0n) is 13.6. The highest BCUT2D eigenvalue weighted by Gasteiger charge is 2.17. The number of hydrazine groups is 1. The normalized spacial score (nSPS) is 11.2. The second-order valence-corrected chi connectivity index (χ2v) is 8.07. The summed E-state index contributed by atoms with van der Waals surface area (Å²) < 4.78 is 25.8. The lowest BCUT2D eigenvalue weighted by atomic mass is 10.1. The van der Waals surface area contributed by atoms with Gasteiger partial charge in [0.05, 0.1) is 15.5 Å². The number of benzene rings is 1. The number of hydrogen-bond donors (Lipinski definition) is 4. The fraction of sp³-hybridized carbons (Fsp3) is 0.429. The summed E-state index contributed by atoms with van der Waals surface area (Å²) in [5.74, 6) is -0.0632. The molecule has 0 saturated carbocycles. The van der Waals surface area contributed by atoms with Crippen LogP contribution in [0.1, 0.15) is 30.6 Å². The number of rotatable bonds is 6. The summed E-state index contributed by atoms with van der Waals surface area (Å²) in [4.78, 5) is 12.1. The van der Waals surface area contributed by atoms with Crippen LogP contribution in [0, 0.1) is 5.92 Å². The Morgan fingerprint density at radius 1 is 1.29 bits per heavy atom. The van der Waals surface area contributed by atoms with Crippen LogP contribution < -0.4 is 20.9 Å². The number of carbonyl (C=O) groups excluding carboxylic acids is 1. The van der Waals surface area contributed by atoms with Crippen LogP contribution in [0.25, 0.3) is 0 Å². The summed E-state index contributed by atoms with van der Waals surface area (Å²) in [5.41, 5.74) is 4.95. The van der Waals surface area contributed by atoms with Crippen LogP contribution in [0.15, 0.2) is 23.1 Å². The fourth-order valence-electron chi connectivity index (χ4n) is 1.66. The Hall–Kier alpha value is -1.42. The highest BCUT2D eigenvalue weighted by molar-refractivity contribution is 7.89. The monoisotopic (exact) mass is 392 g/mol. The summed E-state index contributed by atoms with van der Waals surface area (Å²) >= 11 is 11.0. The van der Waals surface area contributed by atoms with Gasteiger partial charge in [0.25, 0.3) is 5.91 Å². The molecule has 0 aliphatic rings. The molecular weight excluding hydrogens is 372 g/mol. The van der Waals surface area contributed by atoms with Crippen molar-refractivity contribution in [2.24, 2.45) is 5.92 Å². The van der Waals surface area contributed by atoms with E-state index >= 15 is 0 Å². The minimum Gasteiger partial charge on any atom is -0.361 e. The molecule has 0 aromatic heterocycles. The lowest BCUT2D eigenvalue weighted by Gasteiger charge is -2.13. The minimum atomic E-state index is -3.67. The largest absolute Gasteiger partial charge is 0.361 e. The molecule has 0 bridgehead atoms. The van der Waals surface area contributed by atoms with Crippen LogP contribution in [0.2, 0.25) is 5.02 Å². The zero-order valence-corrected chi connectivity index (χ0v) is 16.0. The van der Waals surface area contributed by atoms with Crippen molar-refractivity contribution in [2.45, 2.75) is 25.2 Å². The molecule has 1 aromatic rings. The van der Waals surface area contributed by atoms with Crippen molar-refractivity contribution >= 4 is 44.9 Å². The number of halogens is 1. The van der Waals surface area contributed by atoms with Gasteiger partial charge < -0.3 is 5.32 Å². The molecule has 10 heteroatoms. The quantitative estimate of drug-likeness (QED) is 0.431. The van der Waals surface area contributed by atoms with Crippen LogP contribution in [0.4, 0.5) is 0 Å². The average molecular weight is 393 g/mol. The number of sulfonamides is 1. The van der Waals surface area contributed by atoms with E-state index in [9.17, 15) is 13.2 Å². The van der Waals surface area contributed by atoms with Gasteiger partial charge in [-0.1, -0.05) is 25.4 Å². The number of carbonyl (C=O) groups is 1.